The molecule has 34 heavy (non-hydrogen) atoms. The Morgan fingerprint density at radius 2 is 1.59 bits per heavy atom. The van der Waals surface area contributed by atoms with E-state index in [1.165, 1.54) is 16.2 Å². The van der Waals surface area contributed by atoms with E-state index >= 15 is 0 Å². The Hall–Kier alpha value is -3.98. The number of ether oxygens (including phenoxy) is 2. The van der Waals surface area contributed by atoms with Gasteiger partial charge >= 0.3 is 0 Å². The first-order valence-electron chi connectivity index (χ1n) is 10.7. The molecular weight excluding hydrogens is 454 g/mol. The lowest BCUT2D eigenvalue weighted by Crippen LogP contribution is -2.32. The predicted octanol–water partition coefficient (Wildman–Crippen LogP) is 5.73. The molecule has 2 amide bonds. The molecule has 0 N–H and O–H groups in total. The second-order valence-corrected chi connectivity index (χ2v) is 9.04. The monoisotopic (exact) mass is 475 g/mol. The molecule has 0 bridgehead atoms. The number of benzene rings is 2. The van der Waals surface area contributed by atoms with Crippen molar-refractivity contribution in [3.63, 3.8) is 0 Å². The summed E-state index contributed by atoms with van der Waals surface area (Å²) in [5, 5.41) is 4.56. The zero-order chi connectivity index (χ0) is 23.8. The summed E-state index contributed by atoms with van der Waals surface area (Å²) in [6.07, 6.45) is 1.74. The van der Waals surface area contributed by atoms with E-state index in [0.29, 0.717) is 33.5 Å². The number of fused-ring (bicyclic) bond motifs is 1. The van der Waals surface area contributed by atoms with Crippen molar-refractivity contribution in [2.75, 3.05) is 0 Å². The molecule has 172 valence electrons. The minimum Gasteiger partial charge on any atom is -0.491 e. The molecule has 0 fully saturated rings. The minimum absolute atomic E-state index is 0.0976. The summed E-state index contributed by atoms with van der Waals surface area (Å²) in [4.78, 5) is 31.8. The third kappa shape index (κ3) is 4.06. The summed E-state index contributed by atoms with van der Waals surface area (Å²) in [7, 11) is 0. The van der Waals surface area contributed by atoms with Gasteiger partial charge in [-0.15, -0.1) is 0 Å². The van der Waals surface area contributed by atoms with Gasteiger partial charge in [-0.25, -0.2) is 4.98 Å². The quantitative estimate of drug-likeness (QED) is 0.315. The summed E-state index contributed by atoms with van der Waals surface area (Å²) < 4.78 is 17.0. The average molecular weight is 476 g/mol. The van der Waals surface area contributed by atoms with Gasteiger partial charge < -0.3 is 14.0 Å². The normalized spacial score (nSPS) is 13.9. The van der Waals surface area contributed by atoms with Gasteiger partial charge in [0, 0.05) is 6.07 Å². The van der Waals surface area contributed by atoms with E-state index in [1.807, 2.05) is 38.1 Å². The van der Waals surface area contributed by atoms with Crippen LogP contribution in [0.15, 0.2) is 65.3 Å². The molecule has 0 unspecified atom stereocenters. The number of nitrogens with zero attached hydrogens (tertiary/aromatic N) is 3. The molecule has 0 saturated carbocycles. The lowest BCUT2D eigenvalue weighted by Gasteiger charge is -2.19. The number of hydrogen-bond donors (Lipinski definition) is 0. The topological polar surface area (TPSA) is 94.8 Å². The van der Waals surface area contributed by atoms with Crippen LogP contribution in [0.1, 0.15) is 53.3 Å². The van der Waals surface area contributed by atoms with Crippen molar-refractivity contribution in [3.05, 3.63) is 77.7 Å². The van der Waals surface area contributed by atoms with Crippen molar-refractivity contribution in [1.82, 2.24) is 15.0 Å². The van der Waals surface area contributed by atoms with Crippen LogP contribution in [-0.2, 0) is 0 Å². The maximum absolute atomic E-state index is 12.8. The first-order valence-corrected chi connectivity index (χ1v) is 11.6. The zero-order valence-corrected chi connectivity index (χ0v) is 19.5. The van der Waals surface area contributed by atoms with Crippen LogP contribution >= 0.6 is 11.3 Å². The van der Waals surface area contributed by atoms with E-state index in [1.54, 1.807) is 43.5 Å². The number of carbonyl (C=O) groups is 2. The molecule has 9 heteroatoms. The van der Waals surface area contributed by atoms with Gasteiger partial charge in [0.2, 0.25) is 0 Å². The Kier molecular flexibility index (Phi) is 5.62. The smallest absolute Gasteiger partial charge is 0.279 e. The number of thiazole rings is 1. The first-order chi connectivity index (χ1) is 16.4. The van der Waals surface area contributed by atoms with Gasteiger partial charge in [-0.05, 0) is 57.2 Å². The van der Waals surface area contributed by atoms with Crippen molar-refractivity contribution in [1.29, 1.82) is 0 Å². The van der Waals surface area contributed by atoms with Crippen LogP contribution in [0.2, 0.25) is 0 Å². The van der Waals surface area contributed by atoms with Crippen molar-refractivity contribution in [2.24, 2.45) is 0 Å². The Bertz CT molecular complexity index is 1320. The summed E-state index contributed by atoms with van der Waals surface area (Å²) in [5.74, 6) is 1.12. The minimum atomic E-state index is -0.608. The second kappa shape index (κ2) is 8.75. The van der Waals surface area contributed by atoms with Crippen LogP contribution in [-0.4, -0.2) is 33.0 Å². The van der Waals surface area contributed by atoms with Gasteiger partial charge in [0.25, 0.3) is 17.0 Å². The van der Waals surface area contributed by atoms with Gasteiger partial charge in [0.1, 0.15) is 17.2 Å². The fraction of sp³-hybridized carbons (Fsp3) is 0.200. The Morgan fingerprint density at radius 1 is 0.941 bits per heavy atom. The zero-order valence-electron chi connectivity index (χ0n) is 18.7. The third-order valence-electron chi connectivity index (χ3n) is 5.29. The van der Waals surface area contributed by atoms with Crippen LogP contribution in [0.3, 0.4) is 0 Å². The highest BCUT2D eigenvalue weighted by Crippen LogP contribution is 2.36. The van der Waals surface area contributed by atoms with Gasteiger partial charge in [-0.2, -0.15) is 0 Å². The van der Waals surface area contributed by atoms with Gasteiger partial charge in [-0.3, -0.25) is 14.5 Å². The molecule has 4 aromatic rings. The highest BCUT2D eigenvalue weighted by Gasteiger charge is 2.40. The van der Waals surface area contributed by atoms with Crippen molar-refractivity contribution >= 4 is 23.2 Å². The molecule has 0 spiro atoms. The molecule has 1 aliphatic rings. The number of rotatable bonds is 7. The SMILES string of the molecule is CC(C)Oc1ccc(Oc2ncc(-c3cc([C@@H](C)N4C(=O)c5ccccc5C4=O)on3)s2)cc1. The predicted molar refractivity (Wildman–Crippen MR) is 125 cm³/mol. The van der Waals surface area contributed by atoms with E-state index in [-0.39, 0.29) is 17.9 Å². The fourth-order valence-corrected chi connectivity index (χ4v) is 4.41. The van der Waals surface area contributed by atoms with Gasteiger partial charge in [0.15, 0.2) is 5.76 Å². The number of aromatic nitrogens is 2. The van der Waals surface area contributed by atoms with Crippen LogP contribution in [0, 0.1) is 0 Å². The summed E-state index contributed by atoms with van der Waals surface area (Å²) >= 11 is 1.31. The molecule has 5 rings (SSSR count). The maximum atomic E-state index is 12.8. The molecule has 2 aromatic carbocycles. The third-order valence-corrected chi connectivity index (χ3v) is 6.19. The maximum Gasteiger partial charge on any atom is 0.279 e. The molecule has 0 aliphatic carbocycles. The molecule has 2 aromatic heterocycles. The number of hydrogen-bond acceptors (Lipinski definition) is 8. The molecular formula is C25H21N3O5S. The number of imide groups is 1. The van der Waals surface area contributed by atoms with Gasteiger partial charge in [-0.1, -0.05) is 28.6 Å². The lowest BCUT2D eigenvalue weighted by molar-refractivity contribution is 0.0573. The summed E-state index contributed by atoms with van der Waals surface area (Å²) in [6, 6.07) is 15.2. The van der Waals surface area contributed by atoms with E-state index in [2.05, 4.69) is 10.1 Å². The molecule has 8 nitrogen and oxygen atoms in total. The molecule has 1 atom stereocenters. The van der Waals surface area contributed by atoms with E-state index in [0.717, 1.165) is 10.6 Å². The molecule has 1 aliphatic heterocycles. The highest BCUT2D eigenvalue weighted by molar-refractivity contribution is 7.16. The Balaban J connectivity index is 1.29. The van der Waals surface area contributed by atoms with Crippen molar-refractivity contribution in [2.45, 2.75) is 32.9 Å². The molecule has 0 saturated heterocycles. The van der Waals surface area contributed by atoms with Crippen molar-refractivity contribution < 1.29 is 23.6 Å². The lowest BCUT2D eigenvalue weighted by atomic mass is 10.1. The standard InChI is InChI=1S/C25H21N3O5S/c1-14(2)31-16-8-10-17(11-9-16)32-25-26-13-22(34-25)20-12-21(33-27-20)15(3)28-23(29)18-6-4-5-7-19(18)24(28)30/h4-15H,1-3H3/t15-/m1/s1. The van der Waals surface area contributed by atoms with E-state index in [4.69, 9.17) is 14.0 Å². The summed E-state index contributed by atoms with van der Waals surface area (Å²) in [6.45, 7) is 5.68. The van der Waals surface area contributed by atoms with E-state index in [9.17, 15) is 9.59 Å². The highest BCUT2D eigenvalue weighted by atomic mass is 32.1. The van der Waals surface area contributed by atoms with Crippen LogP contribution in [0.5, 0.6) is 16.7 Å². The number of amides is 2. The fourth-order valence-electron chi connectivity index (χ4n) is 3.67. The van der Waals surface area contributed by atoms with E-state index < -0.39 is 6.04 Å². The van der Waals surface area contributed by atoms with Crippen LogP contribution in [0.25, 0.3) is 10.6 Å². The average Bonchev–Trinajstić information content (AvgIpc) is 3.54. The molecule has 0 radical (unpaired) electrons. The van der Waals surface area contributed by atoms with Crippen LogP contribution < -0.4 is 9.47 Å². The first kappa shape index (κ1) is 21.8. The molecule has 3 heterocycles. The van der Waals surface area contributed by atoms with Gasteiger partial charge in [0.05, 0.1) is 34.3 Å². The Labute approximate surface area is 199 Å². The summed E-state index contributed by atoms with van der Waals surface area (Å²) in [5.41, 5.74) is 1.34. The number of carbonyl (C=O) groups excluding carboxylic acids is 2. The largest absolute Gasteiger partial charge is 0.491 e. The van der Waals surface area contributed by atoms with Crippen LogP contribution in [0.4, 0.5) is 0 Å². The van der Waals surface area contributed by atoms with Crippen molar-refractivity contribution in [3.8, 4) is 27.3 Å². The second-order valence-electron chi connectivity index (χ2n) is 8.05. The Morgan fingerprint density at radius 3 is 2.24 bits per heavy atom.